The molecule has 0 radical (unpaired) electrons. The zero-order valence-corrected chi connectivity index (χ0v) is 12.3. The molecule has 110 valence electrons. The fourth-order valence-electron chi connectivity index (χ4n) is 2.72. The lowest BCUT2D eigenvalue weighted by atomic mass is 10.0. The molecule has 2 heterocycles. The van der Waals surface area contributed by atoms with Crippen LogP contribution in [0.15, 0.2) is 24.4 Å². The Balaban J connectivity index is 2.13. The van der Waals surface area contributed by atoms with Crippen molar-refractivity contribution in [1.82, 2.24) is 4.98 Å². The number of anilines is 1. The molecule has 2 aromatic rings. The molecule has 0 N–H and O–H groups in total. The quantitative estimate of drug-likeness (QED) is 0.792. The number of fused-ring (bicyclic) bond motifs is 1. The average molecular weight is 286 g/mol. The number of methoxy groups -OCH3 is 1. The van der Waals surface area contributed by atoms with Crippen molar-refractivity contribution in [2.24, 2.45) is 0 Å². The number of carbonyl (C=O) groups excluding carboxylic acids is 1. The molecule has 0 aliphatic carbocycles. The molecule has 0 spiro atoms. The van der Waals surface area contributed by atoms with E-state index >= 15 is 0 Å². The number of aryl methyl sites for hydroxylation is 1. The molecule has 0 amide bonds. The Morgan fingerprint density at radius 2 is 2.10 bits per heavy atom. The number of morpholine rings is 1. The van der Waals surface area contributed by atoms with Crippen LogP contribution in [0.25, 0.3) is 10.9 Å². The first-order chi connectivity index (χ1) is 10.2. The van der Waals surface area contributed by atoms with Gasteiger partial charge in [0.2, 0.25) is 0 Å². The van der Waals surface area contributed by atoms with E-state index in [9.17, 15) is 4.79 Å². The SMILES string of the molecule is COC(=O)c1ccnc2cc(C)c(N3CCOCC3)cc12. The van der Waals surface area contributed by atoms with E-state index in [4.69, 9.17) is 9.47 Å². The van der Waals surface area contributed by atoms with Crippen molar-refractivity contribution in [1.29, 1.82) is 0 Å². The van der Waals surface area contributed by atoms with Gasteiger partial charge in [0.25, 0.3) is 0 Å². The minimum absolute atomic E-state index is 0.334. The van der Waals surface area contributed by atoms with E-state index in [1.807, 2.05) is 12.1 Å². The van der Waals surface area contributed by atoms with Crippen LogP contribution in [-0.2, 0) is 9.47 Å². The molecule has 0 unspecified atom stereocenters. The molecule has 1 aliphatic heterocycles. The zero-order chi connectivity index (χ0) is 14.8. The van der Waals surface area contributed by atoms with Crippen molar-refractivity contribution in [3.8, 4) is 0 Å². The number of ether oxygens (including phenoxy) is 2. The van der Waals surface area contributed by atoms with Crippen LogP contribution in [0.2, 0.25) is 0 Å². The summed E-state index contributed by atoms with van der Waals surface area (Å²) in [6, 6.07) is 5.76. The predicted molar refractivity (Wildman–Crippen MR) is 80.9 cm³/mol. The van der Waals surface area contributed by atoms with Gasteiger partial charge in [-0.15, -0.1) is 0 Å². The van der Waals surface area contributed by atoms with Crippen molar-refractivity contribution in [2.45, 2.75) is 6.92 Å². The average Bonchev–Trinajstić information content (AvgIpc) is 2.53. The molecule has 1 fully saturated rings. The molecule has 1 aromatic carbocycles. The Labute approximate surface area is 123 Å². The second-order valence-corrected chi connectivity index (χ2v) is 5.11. The maximum atomic E-state index is 11.9. The number of aromatic nitrogens is 1. The summed E-state index contributed by atoms with van der Waals surface area (Å²) in [5.74, 6) is -0.334. The maximum absolute atomic E-state index is 11.9. The summed E-state index contributed by atoms with van der Waals surface area (Å²) >= 11 is 0. The van der Waals surface area contributed by atoms with E-state index in [1.165, 1.54) is 7.11 Å². The summed E-state index contributed by atoms with van der Waals surface area (Å²) in [6.07, 6.45) is 1.64. The molecule has 3 rings (SSSR count). The first-order valence-corrected chi connectivity index (χ1v) is 7.01. The third-order valence-corrected chi connectivity index (χ3v) is 3.82. The van der Waals surface area contributed by atoms with Crippen LogP contribution in [0.3, 0.4) is 0 Å². The fourth-order valence-corrected chi connectivity index (χ4v) is 2.72. The van der Waals surface area contributed by atoms with Crippen LogP contribution in [-0.4, -0.2) is 44.4 Å². The summed E-state index contributed by atoms with van der Waals surface area (Å²) in [5.41, 5.74) is 3.65. The molecule has 1 aromatic heterocycles. The minimum atomic E-state index is -0.334. The number of nitrogens with zero attached hydrogens (tertiary/aromatic N) is 2. The highest BCUT2D eigenvalue weighted by molar-refractivity contribution is 6.04. The van der Waals surface area contributed by atoms with Crippen LogP contribution in [0, 0.1) is 6.92 Å². The third kappa shape index (κ3) is 2.56. The van der Waals surface area contributed by atoms with Gasteiger partial charge in [-0.1, -0.05) is 0 Å². The summed E-state index contributed by atoms with van der Waals surface area (Å²) < 4.78 is 10.3. The van der Waals surface area contributed by atoms with E-state index in [0.717, 1.165) is 48.5 Å². The first kappa shape index (κ1) is 13.8. The smallest absolute Gasteiger partial charge is 0.338 e. The van der Waals surface area contributed by atoms with Gasteiger partial charge >= 0.3 is 5.97 Å². The highest BCUT2D eigenvalue weighted by Crippen LogP contribution is 2.28. The van der Waals surface area contributed by atoms with Crippen molar-refractivity contribution < 1.29 is 14.3 Å². The number of pyridine rings is 1. The van der Waals surface area contributed by atoms with Gasteiger partial charge in [0.1, 0.15) is 0 Å². The second kappa shape index (κ2) is 5.69. The molecule has 1 aliphatic rings. The summed E-state index contributed by atoms with van der Waals surface area (Å²) in [5, 5.41) is 0.830. The monoisotopic (exact) mass is 286 g/mol. The molecule has 5 nitrogen and oxygen atoms in total. The van der Waals surface area contributed by atoms with Crippen LogP contribution in [0.4, 0.5) is 5.69 Å². The Morgan fingerprint density at radius 3 is 2.81 bits per heavy atom. The molecule has 0 atom stereocenters. The normalized spacial score (nSPS) is 15.2. The Hall–Kier alpha value is -2.14. The van der Waals surface area contributed by atoms with Gasteiger partial charge in [0, 0.05) is 30.4 Å². The molecule has 1 saturated heterocycles. The first-order valence-electron chi connectivity index (χ1n) is 7.01. The lowest BCUT2D eigenvalue weighted by Gasteiger charge is -2.30. The van der Waals surface area contributed by atoms with E-state index in [2.05, 4.69) is 16.8 Å². The Morgan fingerprint density at radius 1 is 1.33 bits per heavy atom. The zero-order valence-electron chi connectivity index (χ0n) is 12.3. The summed E-state index contributed by atoms with van der Waals surface area (Å²) in [7, 11) is 1.39. The van der Waals surface area contributed by atoms with Gasteiger partial charge in [-0.25, -0.2) is 4.79 Å². The summed E-state index contributed by atoms with van der Waals surface area (Å²) in [4.78, 5) is 18.6. The number of hydrogen-bond acceptors (Lipinski definition) is 5. The van der Waals surface area contributed by atoms with Crippen LogP contribution in [0.5, 0.6) is 0 Å². The third-order valence-electron chi connectivity index (χ3n) is 3.82. The molecule has 0 bridgehead atoms. The van der Waals surface area contributed by atoms with Gasteiger partial charge in [0.05, 0.1) is 31.4 Å². The molecular formula is C16H18N2O3. The Kier molecular flexibility index (Phi) is 3.75. The van der Waals surface area contributed by atoms with Crippen molar-refractivity contribution in [3.05, 3.63) is 35.5 Å². The van der Waals surface area contributed by atoms with Crippen LogP contribution in [0.1, 0.15) is 15.9 Å². The van der Waals surface area contributed by atoms with Crippen molar-refractivity contribution in [3.63, 3.8) is 0 Å². The lowest BCUT2D eigenvalue weighted by Crippen LogP contribution is -2.36. The number of rotatable bonds is 2. The number of carbonyl (C=O) groups is 1. The van der Waals surface area contributed by atoms with Gasteiger partial charge in [0.15, 0.2) is 0 Å². The van der Waals surface area contributed by atoms with E-state index < -0.39 is 0 Å². The highest BCUT2D eigenvalue weighted by Gasteiger charge is 2.17. The van der Waals surface area contributed by atoms with Gasteiger partial charge in [-0.05, 0) is 30.7 Å². The highest BCUT2D eigenvalue weighted by atomic mass is 16.5. The van der Waals surface area contributed by atoms with Gasteiger partial charge < -0.3 is 14.4 Å². The second-order valence-electron chi connectivity index (χ2n) is 5.11. The van der Waals surface area contributed by atoms with E-state index in [-0.39, 0.29) is 5.97 Å². The number of esters is 1. The van der Waals surface area contributed by atoms with Crippen molar-refractivity contribution >= 4 is 22.6 Å². The predicted octanol–water partition coefficient (Wildman–Crippen LogP) is 2.17. The van der Waals surface area contributed by atoms with E-state index in [0.29, 0.717) is 5.56 Å². The fraction of sp³-hybridized carbons (Fsp3) is 0.375. The number of benzene rings is 1. The van der Waals surface area contributed by atoms with Gasteiger partial charge in [-0.3, -0.25) is 4.98 Å². The van der Waals surface area contributed by atoms with Crippen LogP contribution >= 0.6 is 0 Å². The molecule has 5 heteroatoms. The van der Waals surface area contributed by atoms with E-state index in [1.54, 1.807) is 12.3 Å². The number of hydrogen-bond donors (Lipinski definition) is 0. The van der Waals surface area contributed by atoms with Crippen LogP contribution < -0.4 is 4.90 Å². The largest absolute Gasteiger partial charge is 0.465 e. The van der Waals surface area contributed by atoms with Crippen molar-refractivity contribution in [2.75, 3.05) is 38.3 Å². The molecule has 0 saturated carbocycles. The molecule has 21 heavy (non-hydrogen) atoms. The molecular weight excluding hydrogens is 268 g/mol. The minimum Gasteiger partial charge on any atom is -0.465 e. The van der Waals surface area contributed by atoms with Gasteiger partial charge in [-0.2, -0.15) is 0 Å². The standard InChI is InChI=1S/C16H18N2O3/c1-11-9-14-13(12(3-4-17-14)16(19)20-2)10-15(11)18-5-7-21-8-6-18/h3-4,9-10H,5-8H2,1-2H3. The maximum Gasteiger partial charge on any atom is 0.338 e. The topological polar surface area (TPSA) is 51.7 Å². The Bertz CT molecular complexity index is 679. The lowest BCUT2D eigenvalue weighted by molar-refractivity contribution is 0.0603. The summed E-state index contributed by atoms with van der Waals surface area (Å²) in [6.45, 7) is 5.25.